The SMILES string of the molecule is CCn1ccc(C(C)NC(=O)c2cccc(COc3cccc(Br)c3)c2)n1. The molecule has 0 saturated carbocycles. The molecule has 2 aromatic carbocycles. The minimum atomic E-state index is -0.160. The van der Waals surface area contributed by atoms with Crippen molar-refractivity contribution >= 4 is 21.8 Å². The van der Waals surface area contributed by atoms with Gasteiger partial charge in [-0.2, -0.15) is 5.10 Å². The first kappa shape index (κ1) is 19.2. The van der Waals surface area contributed by atoms with Gasteiger partial charge in [0, 0.05) is 22.8 Å². The number of ether oxygens (including phenoxy) is 1. The van der Waals surface area contributed by atoms with Crippen molar-refractivity contribution in [3.8, 4) is 5.75 Å². The normalized spacial score (nSPS) is 11.8. The second kappa shape index (κ2) is 8.86. The predicted octanol–water partition coefficient (Wildman–Crippen LogP) is 4.74. The van der Waals surface area contributed by atoms with Gasteiger partial charge in [-0.3, -0.25) is 9.48 Å². The van der Waals surface area contributed by atoms with Gasteiger partial charge in [-0.05, 0) is 55.8 Å². The van der Waals surface area contributed by atoms with Crippen LogP contribution in [0, 0.1) is 0 Å². The number of carbonyl (C=O) groups is 1. The van der Waals surface area contributed by atoms with Crippen molar-refractivity contribution < 1.29 is 9.53 Å². The summed E-state index contributed by atoms with van der Waals surface area (Å²) in [6.45, 7) is 5.16. The summed E-state index contributed by atoms with van der Waals surface area (Å²) in [6.07, 6.45) is 1.91. The lowest BCUT2D eigenvalue weighted by atomic mass is 10.1. The standard InChI is InChI=1S/C21H22BrN3O2/c1-3-25-11-10-20(24-25)15(2)23-21(26)17-7-4-6-16(12-17)14-27-19-9-5-8-18(22)13-19/h4-13,15H,3,14H2,1-2H3,(H,23,26). The fourth-order valence-corrected chi connectivity index (χ4v) is 3.04. The number of aryl methyl sites for hydroxylation is 1. The van der Waals surface area contributed by atoms with Crippen LogP contribution in [0.25, 0.3) is 0 Å². The molecule has 5 nitrogen and oxygen atoms in total. The van der Waals surface area contributed by atoms with E-state index in [9.17, 15) is 4.79 Å². The average Bonchev–Trinajstić information content (AvgIpc) is 3.16. The largest absolute Gasteiger partial charge is 0.489 e. The Hall–Kier alpha value is -2.60. The molecule has 0 aliphatic rings. The second-order valence-corrected chi connectivity index (χ2v) is 7.15. The third-order valence-corrected chi connectivity index (χ3v) is 4.66. The molecular weight excluding hydrogens is 406 g/mol. The average molecular weight is 428 g/mol. The van der Waals surface area contributed by atoms with Crippen LogP contribution in [-0.2, 0) is 13.2 Å². The molecule has 6 heteroatoms. The first-order valence-corrected chi connectivity index (χ1v) is 9.66. The van der Waals surface area contributed by atoms with Crippen LogP contribution in [0.5, 0.6) is 5.75 Å². The molecule has 0 radical (unpaired) electrons. The summed E-state index contributed by atoms with van der Waals surface area (Å²) in [7, 11) is 0. The fourth-order valence-electron chi connectivity index (χ4n) is 2.66. The molecule has 1 aromatic heterocycles. The Balaban J connectivity index is 1.62. The molecule has 0 aliphatic carbocycles. The number of aromatic nitrogens is 2. The van der Waals surface area contributed by atoms with Gasteiger partial charge in [0.15, 0.2) is 0 Å². The summed E-state index contributed by atoms with van der Waals surface area (Å²) in [5, 5.41) is 7.44. The van der Waals surface area contributed by atoms with Crippen molar-refractivity contribution in [2.24, 2.45) is 0 Å². The van der Waals surface area contributed by atoms with Crippen LogP contribution >= 0.6 is 15.9 Å². The maximum Gasteiger partial charge on any atom is 0.251 e. The molecule has 0 bridgehead atoms. The van der Waals surface area contributed by atoms with Crippen LogP contribution in [0.4, 0.5) is 0 Å². The van der Waals surface area contributed by atoms with Crippen molar-refractivity contribution in [3.63, 3.8) is 0 Å². The Kier molecular flexibility index (Phi) is 6.29. The van der Waals surface area contributed by atoms with Crippen LogP contribution in [0.1, 0.15) is 41.5 Å². The third kappa shape index (κ3) is 5.20. The number of rotatable bonds is 7. The molecule has 1 heterocycles. The van der Waals surface area contributed by atoms with E-state index in [1.54, 1.807) is 6.07 Å². The number of amides is 1. The zero-order valence-corrected chi connectivity index (χ0v) is 16.9. The van der Waals surface area contributed by atoms with Crippen LogP contribution in [0.15, 0.2) is 65.3 Å². The lowest BCUT2D eigenvalue weighted by Crippen LogP contribution is -2.27. The van der Waals surface area contributed by atoms with Crippen LogP contribution < -0.4 is 10.1 Å². The van der Waals surface area contributed by atoms with Gasteiger partial charge in [0.2, 0.25) is 0 Å². The van der Waals surface area contributed by atoms with E-state index in [1.165, 1.54) is 0 Å². The number of halogens is 1. The fraction of sp³-hybridized carbons (Fsp3) is 0.238. The quantitative estimate of drug-likeness (QED) is 0.592. The van der Waals surface area contributed by atoms with E-state index < -0.39 is 0 Å². The Morgan fingerprint density at radius 1 is 1.22 bits per heavy atom. The first-order chi connectivity index (χ1) is 13.0. The summed E-state index contributed by atoms with van der Waals surface area (Å²) in [6, 6.07) is 16.9. The van der Waals surface area contributed by atoms with Crippen LogP contribution in [0.2, 0.25) is 0 Å². The molecule has 1 unspecified atom stereocenters. The number of hydrogen-bond acceptors (Lipinski definition) is 3. The molecular formula is C21H22BrN3O2. The Labute approximate surface area is 167 Å². The molecule has 0 spiro atoms. The highest BCUT2D eigenvalue weighted by Gasteiger charge is 2.14. The van der Waals surface area contributed by atoms with Gasteiger partial charge in [0.25, 0.3) is 5.91 Å². The summed E-state index contributed by atoms with van der Waals surface area (Å²) < 4.78 is 8.61. The predicted molar refractivity (Wildman–Crippen MR) is 109 cm³/mol. The lowest BCUT2D eigenvalue weighted by Gasteiger charge is -2.13. The van der Waals surface area contributed by atoms with Gasteiger partial charge >= 0.3 is 0 Å². The van der Waals surface area contributed by atoms with Crippen molar-refractivity contribution in [2.75, 3.05) is 0 Å². The van der Waals surface area contributed by atoms with E-state index in [1.807, 2.05) is 73.3 Å². The van der Waals surface area contributed by atoms with E-state index >= 15 is 0 Å². The van der Waals surface area contributed by atoms with Gasteiger partial charge in [-0.25, -0.2) is 0 Å². The minimum absolute atomic E-state index is 0.127. The van der Waals surface area contributed by atoms with Crippen molar-refractivity contribution in [1.29, 1.82) is 0 Å². The van der Waals surface area contributed by atoms with Gasteiger partial charge in [-0.1, -0.05) is 34.1 Å². The number of benzene rings is 2. The van der Waals surface area contributed by atoms with Crippen molar-refractivity contribution in [1.82, 2.24) is 15.1 Å². The van der Waals surface area contributed by atoms with Crippen molar-refractivity contribution in [2.45, 2.75) is 33.0 Å². The van der Waals surface area contributed by atoms with Gasteiger partial charge in [0.1, 0.15) is 12.4 Å². The number of nitrogens with zero attached hydrogens (tertiary/aromatic N) is 2. The topological polar surface area (TPSA) is 56.2 Å². The highest BCUT2D eigenvalue weighted by Crippen LogP contribution is 2.19. The van der Waals surface area contributed by atoms with Gasteiger partial charge in [-0.15, -0.1) is 0 Å². The number of nitrogens with one attached hydrogen (secondary N) is 1. The molecule has 3 rings (SSSR count). The summed E-state index contributed by atoms with van der Waals surface area (Å²) >= 11 is 3.43. The molecule has 1 N–H and O–H groups in total. The zero-order valence-electron chi connectivity index (χ0n) is 15.4. The molecule has 0 fully saturated rings. The highest BCUT2D eigenvalue weighted by atomic mass is 79.9. The van der Waals surface area contributed by atoms with Gasteiger partial charge in [0.05, 0.1) is 11.7 Å². The maximum atomic E-state index is 12.6. The first-order valence-electron chi connectivity index (χ1n) is 8.86. The van der Waals surface area contributed by atoms with E-state index in [4.69, 9.17) is 4.74 Å². The Morgan fingerprint density at radius 3 is 2.78 bits per heavy atom. The Morgan fingerprint density at radius 2 is 2.04 bits per heavy atom. The van der Waals surface area contributed by atoms with Crippen LogP contribution in [0.3, 0.4) is 0 Å². The number of carbonyl (C=O) groups excluding carboxylic acids is 1. The van der Waals surface area contributed by atoms with E-state index in [0.29, 0.717) is 12.2 Å². The minimum Gasteiger partial charge on any atom is -0.489 e. The molecule has 1 atom stereocenters. The smallest absolute Gasteiger partial charge is 0.251 e. The maximum absolute atomic E-state index is 12.6. The molecule has 27 heavy (non-hydrogen) atoms. The molecule has 0 aliphatic heterocycles. The summed E-state index contributed by atoms with van der Waals surface area (Å²) in [4.78, 5) is 12.6. The lowest BCUT2D eigenvalue weighted by molar-refractivity contribution is 0.0939. The van der Waals surface area contributed by atoms with Crippen molar-refractivity contribution in [3.05, 3.63) is 82.1 Å². The second-order valence-electron chi connectivity index (χ2n) is 6.24. The van der Waals surface area contributed by atoms with Crippen LogP contribution in [-0.4, -0.2) is 15.7 Å². The monoisotopic (exact) mass is 427 g/mol. The van der Waals surface area contributed by atoms with E-state index in [-0.39, 0.29) is 11.9 Å². The molecule has 3 aromatic rings. The number of hydrogen-bond donors (Lipinski definition) is 1. The Bertz CT molecular complexity index is 923. The summed E-state index contributed by atoms with van der Waals surface area (Å²) in [5.41, 5.74) is 2.39. The zero-order chi connectivity index (χ0) is 19.2. The van der Waals surface area contributed by atoms with E-state index in [2.05, 4.69) is 26.3 Å². The molecule has 140 valence electrons. The molecule has 0 saturated heterocycles. The van der Waals surface area contributed by atoms with Gasteiger partial charge < -0.3 is 10.1 Å². The summed E-state index contributed by atoms with van der Waals surface area (Å²) in [5.74, 6) is 0.650. The highest BCUT2D eigenvalue weighted by molar-refractivity contribution is 9.10. The third-order valence-electron chi connectivity index (χ3n) is 4.17. The molecule has 1 amide bonds. The van der Waals surface area contributed by atoms with E-state index in [0.717, 1.165) is 28.0 Å².